The summed E-state index contributed by atoms with van der Waals surface area (Å²) in [6.07, 6.45) is 1.61. The number of benzene rings is 1. The first-order chi connectivity index (χ1) is 8.20. The van der Waals surface area contributed by atoms with E-state index in [1.54, 1.807) is 12.4 Å². The highest BCUT2D eigenvalue weighted by atomic mass is 19.1. The van der Waals surface area contributed by atoms with Crippen LogP contribution in [0.4, 0.5) is 10.1 Å². The number of nitrogens with one attached hydrogen (secondary N) is 2. The Kier molecular flexibility index (Phi) is 3.06. The molecule has 17 heavy (non-hydrogen) atoms. The van der Waals surface area contributed by atoms with Crippen LogP contribution in [-0.4, -0.2) is 9.97 Å². The number of H-pyrrole nitrogens is 1. The van der Waals surface area contributed by atoms with Crippen LogP contribution in [0, 0.1) is 24.1 Å². The first-order valence-electron chi connectivity index (χ1n) is 5.13. The molecule has 0 bridgehead atoms. The summed E-state index contributed by atoms with van der Waals surface area (Å²) in [6, 6.07) is 6.03. The second kappa shape index (κ2) is 4.66. The largest absolute Gasteiger partial charge is 0.378 e. The number of hydrogen-bond acceptors (Lipinski definition) is 3. The second-order valence-electron chi connectivity index (χ2n) is 3.63. The molecule has 4 nitrogen and oxygen atoms in total. The van der Waals surface area contributed by atoms with Crippen molar-refractivity contribution in [1.29, 1.82) is 5.26 Å². The third-order valence-electron chi connectivity index (χ3n) is 2.48. The highest BCUT2D eigenvalue weighted by Gasteiger charge is 2.05. The number of imidazole rings is 1. The van der Waals surface area contributed by atoms with Gasteiger partial charge in [0.15, 0.2) is 0 Å². The van der Waals surface area contributed by atoms with Gasteiger partial charge in [0.1, 0.15) is 11.9 Å². The zero-order valence-electron chi connectivity index (χ0n) is 9.29. The number of aryl methyl sites for hydroxylation is 1. The highest BCUT2D eigenvalue weighted by Crippen LogP contribution is 2.17. The number of halogens is 1. The molecule has 0 radical (unpaired) electrons. The minimum absolute atomic E-state index is 0.290. The average Bonchev–Trinajstić information content (AvgIpc) is 2.73. The van der Waals surface area contributed by atoms with Crippen LogP contribution in [0.25, 0.3) is 0 Å². The average molecular weight is 230 g/mol. The van der Waals surface area contributed by atoms with E-state index in [-0.39, 0.29) is 5.56 Å². The Morgan fingerprint density at radius 2 is 2.35 bits per heavy atom. The van der Waals surface area contributed by atoms with Gasteiger partial charge in [-0.2, -0.15) is 5.26 Å². The van der Waals surface area contributed by atoms with Crippen molar-refractivity contribution in [2.24, 2.45) is 0 Å². The molecule has 0 aliphatic carbocycles. The van der Waals surface area contributed by atoms with Crippen LogP contribution >= 0.6 is 0 Å². The van der Waals surface area contributed by atoms with E-state index in [4.69, 9.17) is 5.26 Å². The fourth-order valence-corrected chi connectivity index (χ4v) is 1.51. The predicted molar refractivity (Wildman–Crippen MR) is 61.8 cm³/mol. The number of anilines is 1. The molecule has 0 saturated carbocycles. The van der Waals surface area contributed by atoms with Gasteiger partial charge in [0.25, 0.3) is 0 Å². The van der Waals surface area contributed by atoms with Crippen LogP contribution in [0.5, 0.6) is 0 Å². The van der Waals surface area contributed by atoms with E-state index in [0.29, 0.717) is 12.2 Å². The Labute approximate surface area is 98.1 Å². The van der Waals surface area contributed by atoms with Gasteiger partial charge in [-0.15, -0.1) is 0 Å². The number of hydrogen-bond donors (Lipinski definition) is 2. The number of nitriles is 1. The lowest BCUT2D eigenvalue weighted by Gasteiger charge is -2.07. The zero-order valence-corrected chi connectivity index (χ0v) is 9.29. The van der Waals surface area contributed by atoms with Crippen molar-refractivity contribution in [2.45, 2.75) is 13.5 Å². The third kappa shape index (κ3) is 2.42. The van der Waals surface area contributed by atoms with Crippen LogP contribution in [-0.2, 0) is 6.54 Å². The smallest absolute Gasteiger partial charge is 0.124 e. The summed E-state index contributed by atoms with van der Waals surface area (Å²) < 4.78 is 12.9. The summed E-state index contributed by atoms with van der Waals surface area (Å²) in [7, 11) is 0. The Morgan fingerprint density at radius 3 is 3.00 bits per heavy atom. The van der Waals surface area contributed by atoms with Crippen molar-refractivity contribution in [3.8, 4) is 6.07 Å². The van der Waals surface area contributed by atoms with E-state index in [1.807, 2.05) is 13.0 Å². The molecule has 0 aliphatic rings. The van der Waals surface area contributed by atoms with Crippen LogP contribution < -0.4 is 5.32 Å². The van der Waals surface area contributed by atoms with E-state index < -0.39 is 5.82 Å². The normalized spacial score (nSPS) is 9.94. The molecule has 2 rings (SSSR count). The fourth-order valence-electron chi connectivity index (χ4n) is 1.51. The molecular formula is C12H11FN4. The van der Waals surface area contributed by atoms with Crippen LogP contribution in [0.3, 0.4) is 0 Å². The SMILES string of the molecule is Cc1[nH]cnc1CNc1ccc(F)cc1C#N. The summed E-state index contributed by atoms with van der Waals surface area (Å²) >= 11 is 0. The molecule has 86 valence electrons. The number of aromatic nitrogens is 2. The molecule has 0 aliphatic heterocycles. The minimum atomic E-state index is -0.414. The highest BCUT2D eigenvalue weighted by molar-refractivity contribution is 5.57. The lowest BCUT2D eigenvalue weighted by atomic mass is 10.2. The molecule has 0 amide bonds. The summed E-state index contributed by atoms with van der Waals surface area (Å²) in [5.41, 5.74) is 2.74. The summed E-state index contributed by atoms with van der Waals surface area (Å²) in [4.78, 5) is 7.10. The Morgan fingerprint density at radius 1 is 1.53 bits per heavy atom. The molecule has 0 unspecified atom stereocenters. The maximum atomic E-state index is 12.9. The van der Waals surface area contributed by atoms with Gasteiger partial charge < -0.3 is 10.3 Å². The first kappa shape index (κ1) is 11.1. The van der Waals surface area contributed by atoms with Crippen molar-refractivity contribution in [3.05, 3.63) is 47.3 Å². The molecular weight excluding hydrogens is 219 g/mol. The number of nitrogens with zero attached hydrogens (tertiary/aromatic N) is 2. The number of rotatable bonds is 3. The monoisotopic (exact) mass is 230 g/mol. The van der Waals surface area contributed by atoms with Gasteiger partial charge >= 0.3 is 0 Å². The van der Waals surface area contributed by atoms with Crippen molar-refractivity contribution in [1.82, 2.24) is 9.97 Å². The maximum absolute atomic E-state index is 12.9. The Bertz CT molecular complexity index is 568. The van der Waals surface area contributed by atoms with Gasteiger partial charge in [-0.25, -0.2) is 9.37 Å². The molecule has 0 spiro atoms. The van der Waals surface area contributed by atoms with Crippen LogP contribution in [0.15, 0.2) is 24.5 Å². The van der Waals surface area contributed by atoms with Crippen LogP contribution in [0.2, 0.25) is 0 Å². The topological polar surface area (TPSA) is 64.5 Å². The predicted octanol–water partition coefficient (Wildman–Crippen LogP) is 2.34. The second-order valence-corrected chi connectivity index (χ2v) is 3.63. The molecule has 1 aromatic carbocycles. The Hall–Kier alpha value is -2.35. The fraction of sp³-hybridized carbons (Fsp3) is 0.167. The van der Waals surface area contributed by atoms with E-state index in [2.05, 4.69) is 15.3 Å². The van der Waals surface area contributed by atoms with Crippen molar-refractivity contribution < 1.29 is 4.39 Å². The minimum Gasteiger partial charge on any atom is -0.378 e. The molecule has 2 aromatic rings. The third-order valence-corrected chi connectivity index (χ3v) is 2.48. The quantitative estimate of drug-likeness (QED) is 0.850. The van der Waals surface area contributed by atoms with E-state index in [1.165, 1.54) is 12.1 Å². The van der Waals surface area contributed by atoms with Gasteiger partial charge in [0.2, 0.25) is 0 Å². The lowest BCUT2D eigenvalue weighted by molar-refractivity contribution is 0.627. The van der Waals surface area contributed by atoms with Gasteiger partial charge in [-0.3, -0.25) is 0 Å². The standard InChI is InChI=1S/C12H11FN4/c1-8-12(17-7-16-8)6-15-11-3-2-10(13)4-9(11)5-14/h2-4,7,15H,6H2,1H3,(H,16,17). The molecule has 5 heteroatoms. The van der Waals surface area contributed by atoms with Gasteiger partial charge in [0, 0.05) is 5.69 Å². The maximum Gasteiger partial charge on any atom is 0.124 e. The van der Waals surface area contributed by atoms with Crippen LogP contribution in [0.1, 0.15) is 17.0 Å². The molecule has 0 atom stereocenters. The Balaban J connectivity index is 2.15. The molecule has 1 aromatic heterocycles. The molecule has 0 fully saturated rings. The molecule has 1 heterocycles. The van der Waals surface area contributed by atoms with Crippen molar-refractivity contribution in [3.63, 3.8) is 0 Å². The lowest BCUT2D eigenvalue weighted by Crippen LogP contribution is -2.03. The van der Waals surface area contributed by atoms with E-state index in [0.717, 1.165) is 11.4 Å². The molecule has 2 N–H and O–H groups in total. The van der Waals surface area contributed by atoms with Gasteiger partial charge in [-0.05, 0) is 25.1 Å². The van der Waals surface area contributed by atoms with Crippen molar-refractivity contribution in [2.75, 3.05) is 5.32 Å². The van der Waals surface area contributed by atoms with Gasteiger partial charge in [0.05, 0.1) is 29.8 Å². The first-order valence-corrected chi connectivity index (χ1v) is 5.13. The summed E-state index contributed by atoms with van der Waals surface area (Å²) in [6.45, 7) is 2.41. The summed E-state index contributed by atoms with van der Waals surface area (Å²) in [5.74, 6) is -0.414. The van der Waals surface area contributed by atoms with E-state index in [9.17, 15) is 4.39 Å². The molecule has 0 saturated heterocycles. The number of aromatic amines is 1. The summed E-state index contributed by atoms with van der Waals surface area (Å²) in [5, 5.41) is 11.9. The zero-order chi connectivity index (χ0) is 12.3. The van der Waals surface area contributed by atoms with Crippen molar-refractivity contribution >= 4 is 5.69 Å². The van der Waals surface area contributed by atoms with Gasteiger partial charge in [-0.1, -0.05) is 0 Å². The van der Waals surface area contributed by atoms with E-state index >= 15 is 0 Å².